The molecule has 0 N–H and O–H groups in total. The van der Waals surface area contributed by atoms with Gasteiger partial charge in [0.2, 0.25) is 0 Å². The second-order valence-corrected chi connectivity index (χ2v) is 3.55. The van der Waals surface area contributed by atoms with Gasteiger partial charge in [0.05, 0.1) is 18.1 Å². The molecule has 2 rings (SSSR count). The average Bonchev–Trinajstić information content (AvgIpc) is 2.78. The Labute approximate surface area is 94.7 Å². The van der Waals surface area contributed by atoms with Gasteiger partial charge in [0.15, 0.2) is 0 Å². The van der Waals surface area contributed by atoms with E-state index in [1.807, 2.05) is 24.0 Å². The molecule has 0 aliphatic heterocycles. The monoisotopic (exact) mass is 214 g/mol. The summed E-state index contributed by atoms with van der Waals surface area (Å²) in [6.45, 7) is 4.97. The van der Waals surface area contributed by atoms with E-state index in [1.54, 1.807) is 18.6 Å². The lowest BCUT2D eigenvalue weighted by Crippen LogP contribution is -1.92. The van der Waals surface area contributed by atoms with Crippen LogP contribution in [0.5, 0.6) is 0 Å². The third-order valence-electron chi connectivity index (χ3n) is 2.33. The van der Waals surface area contributed by atoms with Crippen LogP contribution in [0.4, 0.5) is 0 Å². The van der Waals surface area contributed by atoms with E-state index in [0.29, 0.717) is 0 Å². The van der Waals surface area contributed by atoms with Crippen LogP contribution in [0, 0.1) is 0 Å². The van der Waals surface area contributed by atoms with Crippen molar-refractivity contribution in [3.63, 3.8) is 0 Å². The lowest BCUT2D eigenvalue weighted by Gasteiger charge is -1.97. The fourth-order valence-electron chi connectivity index (χ4n) is 1.45. The molecule has 0 bridgehead atoms. The molecule has 0 aliphatic rings. The molecule has 16 heavy (non-hydrogen) atoms. The molecule has 0 saturated carbocycles. The van der Waals surface area contributed by atoms with Crippen molar-refractivity contribution in [2.45, 2.75) is 20.4 Å². The van der Waals surface area contributed by atoms with Crippen LogP contribution in [0.2, 0.25) is 0 Å². The second-order valence-electron chi connectivity index (χ2n) is 3.55. The smallest absolute Gasteiger partial charge is 0.0842 e. The Morgan fingerprint density at radius 1 is 1.38 bits per heavy atom. The maximum Gasteiger partial charge on any atom is 0.0842 e. The SMILES string of the molecule is CCn1cc(/C=C(\C)c2cnccn2)cn1. The maximum atomic E-state index is 4.24. The Morgan fingerprint density at radius 3 is 2.88 bits per heavy atom. The molecule has 0 saturated heterocycles. The van der Waals surface area contributed by atoms with E-state index in [9.17, 15) is 0 Å². The van der Waals surface area contributed by atoms with Gasteiger partial charge in [0.25, 0.3) is 0 Å². The largest absolute Gasteiger partial charge is 0.272 e. The zero-order chi connectivity index (χ0) is 11.4. The normalized spacial score (nSPS) is 11.8. The van der Waals surface area contributed by atoms with Crippen molar-refractivity contribution in [2.24, 2.45) is 0 Å². The minimum absolute atomic E-state index is 0.887. The molecule has 0 unspecified atom stereocenters. The van der Waals surface area contributed by atoms with Gasteiger partial charge in [-0.25, -0.2) is 0 Å². The number of rotatable bonds is 3. The molecule has 0 aliphatic carbocycles. The minimum atomic E-state index is 0.887. The fraction of sp³-hybridized carbons (Fsp3) is 0.250. The van der Waals surface area contributed by atoms with Gasteiger partial charge in [-0.1, -0.05) is 0 Å². The Hall–Kier alpha value is -1.97. The van der Waals surface area contributed by atoms with E-state index < -0.39 is 0 Å². The van der Waals surface area contributed by atoms with Crippen LogP contribution < -0.4 is 0 Å². The first-order chi connectivity index (χ1) is 7.79. The van der Waals surface area contributed by atoms with E-state index in [1.165, 1.54) is 0 Å². The van der Waals surface area contributed by atoms with E-state index in [-0.39, 0.29) is 0 Å². The summed E-state index contributed by atoms with van der Waals surface area (Å²) in [5, 5.41) is 4.22. The average molecular weight is 214 g/mol. The van der Waals surface area contributed by atoms with E-state index >= 15 is 0 Å². The number of allylic oxidation sites excluding steroid dienone is 1. The number of aromatic nitrogens is 4. The Balaban J connectivity index is 2.24. The summed E-state index contributed by atoms with van der Waals surface area (Å²) >= 11 is 0. The van der Waals surface area contributed by atoms with Crippen molar-refractivity contribution in [3.05, 3.63) is 42.2 Å². The van der Waals surface area contributed by atoms with Gasteiger partial charge < -0.3 is 0 Å². The van der Waals surface area contributed by atoms with Crippen LogP contribution in [-0.4, -0.2) is 19.7 Å². The quantitative estimate of drug-likeness (QED) is 0.787. The zero-order valence-electron chi connectivity index (χ0n) is 9.46. The highest BCUT2D eigenvalue weighted by Crippen LogP contribution is 2.13. The van der Waals surface area contributed by atoms with Crippen molar-refractivity contribution in [2.75, 3.05) is 0 Å². The van der Waals surface area contributed by atoms with Gasteiger partial charge in [-0.05, 0) is 25.5 Å². The summed E-state index contributed by atoms with van der Waals surface area (Å²) in [5.74, 6) is 0. The molecular formula is C12H14N4. The highest BCUT2D eigenvalue weighted by atomic mass is 15.3. The topological polar surface area (TPSA) is 43.6 Å². The standard InChI is InChI=1S/C12H14N4/c1-3-16-9-11(7-15-16)6-10(2)12-8-13-4-5-14-12/h4-9H,3H2,1-2H3/b10-6+. The summed E-state index contributed by atoms with van der Waals surface area (Å²) in [5.41, 5.74) is 3.07. The molecule has 4 heteroatoms. The van der Waals surface area contributed by atoms with Crippen molar-refractivity contribution in [3.8, 4) is 0 Å². The third-order valence-corrected chi connectivity index (χ3v) is 2.33. The van der Waals surface area contributed by atoms with Gasteiger partial charge in [-0.3, -0.25) is 14.6 Å². The van der Waals surface area contributed by atoms with Crippen LogP contribution in [0.25, 0.3) is 11.6 Å². The van der Waals surface area contributed by atoms with Crippen LogP contribution in [-0.2, 0) is 6.54 Å². The van der Waals surface area contributed by atoms with Crippen molar-refractivity contribution in [1.82, 2.24) is 19.7 Å². The molecule has 4 nitrogen and oxygen atoms in total. The van der Waals surface area contributed by atoms with Gasteiger partial charge in [0, 0.05) is 30.7 Å². The summed E-state index contributed by atoms with van der Waals surface area (Å²) in [6, 6.07) is 0. The second kappa shape index (κ2) is 4.70. The number of hydrogen-bond donors (Lipinski definition) is 0. The van der Waals surface area contributed by atoms with E-state index in [2.05, 4.69) is 28.1 Å². The molecule has 0 radical (unpaired) electrons. The van der Waals surface area contributed by atoms with Crippen LogP contribution in [0.1, 0.15) is 25.1 Å². The van der Waals surface area contributed by atoms with Crippen molar-refractivity contribution < 1.29 is 0 Å². The molecule has 2 heterocycles. The van der Waals surface area contributed by atoms with E-state index in [0.717, 1.165) is 23.4 Å². The summed E-state index contributed by atoms with van der Waals surface area (Å²) in [4.78, 5) is 8.29. The lowest BCUT2D eigenvalue weighted by atomic mass is 10.1. The Morgan fingerprint density at radius 2 is 2.25 bits per heavy atom. The molecular weight excluding hydrogens is 200 g/mol. The van der Waals surface area contributed by atoms with E-state index in [4.69, 9.17) is 0 Å². The minimum Gasteiger partial charge on any atom is -0.272 e. The predicted molar refractivity (Wildman–Crippen MR) is 63.5 cm³/mol. The molecule has 82 valence electrons. The van der Waals surface area contributed by atoms with Gasteiger partial charge in [-0.15, -0.1) is 0 Å². The number of nitrogens with zero attached hydrogens (tertiary/aromatic N) is 4. The summed E-state index contributed by atoms with van der Waals surface area (Å²) < 4.78 is 1.90. The molecule has 0 aromatic carbocycles. The molecule has 2 aromatic rings. The first-order valence-corrected chi connectivity index (χ1v) is 5.26. The lowest BCUT2D eigenvalue weighted by molar-refractivity contribution is 0.660. The fourth-order valence-corrected chi connectivity index (χ4v) is 1.45. The highest BCUT2D eigenvalue weighted by molar-refractivity contribution is 5.77. The zero-order valence-corrected chi connectivity index (χ0v) is 9.46. The highest BCUT2D eigenvalue weighted by Gasteiger charge is 1.98. The Bertz CT molecular complexity index is 485. The summed E-state index contributed by atoms with van der Waals surface area (Å²) in [6.07, 6.45) is 11.1. The predicted octanol–water partition coefficient (Wildman–Crippen LogP) is 2.25. The third kappa shape index (κ3) is 2.34. The molecule has 0 atom stereocenters. The van der Waals surface area contributed by atoms with Crippen LogP contribution >= 0.6 is 0 Å². The molecule has 0 amide bonds. The molecule has 0 spiro atoms. The van der Waals surface area contributed by atoms with Crippen LogP contribution in [0.15, 0.2) is 31.0 Å². The first kappa shape index (κ1) is 10.5. The number of hydrogen-bond acceptors (Lipinski definition) is 3. The summed E-state index contributed by atoms with van der Waals surface area (Å²) in [7, 11) is 0. The van der Waals surface area contributed by atoms with Gasteiger partial charge in [-0.2, -0.15) is 5.10 Å². The first-order valence-electron chi connectivity index (χ1n) is 5.26. The van der Waals surface area contributed by atoms with Crippen molar-refractivity contribution >= 4 is 11.6 Å². The van der Waals surface area contributed by atoms with Crippen molar-refractivity contribution in [1.29, 1.82) is 0 Å². The Kier molecular flexibility index (Phi) is 3.10. The van der Waals surface area contributed by atoms with Gasteiger partial charge >= 0.3 is 0 Å². The van der Waals surface area contributed by atoms with Crippen LogP contribution in [0.3, 0.4) is 0 Å². The molecule has 2 aromatic heterocycles. The number of aryl methyl sites for hydroxylation is 1. The maximum absolute atomic E-state index is 4.24. The molecule has 0 fully saturated rings. The van der Waals surface area contributed by atoms with Gasteiger partial charge in [0.1, 0.15) is 0 Å².